The standard InChI is InChI=1S/C7H13NO4/c9-4-1-3-5(10)2-7(12,8-3)6(4)11/h3-6,8-12H,1-2H2/t3-,4+,5-,6-,7-/m1/s1. The lowest BCUT2D eigenvalue weighted by molar-refractivity contribution is -0.153. The summed E-state index contributed by atoms with van der Waals surface area (Å²) in [4.78, 5) is 0. The zero-order valence-electron chi connectivity index (χ0n) is 6.51. The minimum absolute atomic E-state index is 0.0793. The largest absolute Gasteiger partial charge is 0.391 e. The van der Waals surface area contributed by atoms with Crippen molar-refractivity contribution in [3.63, 3.8) is 0 Å². The zero-order valence-corrected chi connectivity index (χ0v) is 6.51. The minimum atomic E-state index is -1.50. The highest BCUT2D eigenvalue weighted by molar-refractivity contribution is 5.07. The molecular formula is C7H13NO4. The summed E-state index contributed by atoms with van der Waals surface area (Å²) in [5, 5.41) is 40.3. The molecule has 2 fully saturated rings. The molecule has 0 spiro atoms. The summed E-state index contributed by atoms with van der Waals surface area (Å²) in [5.74, 6) is 0. The van der Waals surface area contributed by atoms with Gasteiger partial charge < -0.3 is 20.4 Å². The van der Waals surface area contributed by atoms with Crippen LogP contribution in [0.3, 0.4) is 0 Å². The lowest BCUT2D eigenvalue weighted by atomic mass is 9.96. The average molecular weight is 175 g/mol. The molecule has 12 heavy (non-hydrogen) atoms. The van der Waals surface area contributed by atoms with Gasteiger partial charge >= 0.3 is 0 Å². The van der Waals surface area contributed by atoms with Crippen LogP contribution in [0.15, 0.2) is 0 Å². The van der Waals surface area contributed by atoms with Gasteiger partial charge in [-0.25, -0.2) is 0 Å². The van der Waals surface area contributed by atoms with Crippen LogP contribution in [0.25, 0.3) is 0 Å². The van der Waals surface area contributed by atoms with Gasteiger partial charge in [0.25, 0.3) is 0 Å². The SMILES string of the molecule is O[C@@H]1C[C@]2(O)N[C@@H]1C[C@H](O)[C@H]2O. The lowest BCUT2D eigenvalue weighted by Gasteiger charge is -2.37. The fraction of sp³-hybridized carbons (Fsp3) is 1.00. The third-order valence-corrected chi connectivity index (χ3v) is 2.77. The topological polar surface area (TPSA) is 93.0 Å². The van der Waals surface area contributed by atoms with E-state index in [-0.39, 0.29) is 18.9 Å². The van der Waals surface area contributed by atoms with Crippen LogP contribution in [0.1, 0.15) is 12.8 Å². The van der Waals surface area contributed by atoms with Gasteiger partial charge in [-0.1, -0.05) is 0 Å². The van der Waals surface area contributed by atoms with E-state index in [2.05, 4.69) is 5.32 Å². The Kier molecular flexibility index (Phi) is 1.68. The van der Waals surface area contributed by atoms with Gasteiger partial charge in [0.15, 0.2) is 0 Å². The van der Waals surface area contributed by atoms with Crippen LogP contribution in [-0.2, 0) is 0 Å². The van der Waals surface area contributed by atoms with E-state index in [4.69, 9.17) is 0 Å². The first-order chi connectivity index (χ1) is 5.53. The van der Waals surface area contributed by atoms with E-state index in [1.165, 1.54) is 0 Å². The summed E-state index contributed by atoms with van der Waals surface area (Å²) in [6.45, 7) is 0. The van der Waals surface area contributed by atoms with E-state index in [0.717, 1.165) is 0 Å². The van der Waals surface area contributed by atoms with Crippen molar-refractivity contribution >= 4 is 0 Å². The number of hydrogen-bond donors (Lipinski definition) is 5. The molecule has 2 aliphatic rings. The van der Waals surface area contributed by atoms with Crippen LogP contribution >= 0.6 is 0 Å². The number of rotatable bonds is 0. The highest BCUT2D eigenvalue weighted by atomic mass is 16.4. The molecule has 70 valence electrons. The Morgan fingerprint density at radius 1 is 1.17 bits per heavy atom. The van der Waals surface area contributed by atoms with E-state index in [9.17, 15) is 20.4 Å². The lowest BCUT2D eigenvalue weighted by Crippen LogP contribution is -2.61. The molecular weight excluding hydrogens is 162 g/mol. The number of hydrogen-bond acceptors (Lipinski definition) is 5. The van der Waals surface area contributed by atoms with Crippen molar-refractivity contribution < 1.29 is 20.4 Å². The molecule has 0 aromatic heterocycles. The number of fused-ring (bicyclic) bond motifs is 2. The summed E-state index contributed by atoms with van der Waals surface area (Å²) in [6, 6.07) is -0.298. The van der Waals surface area contributed by atoms with E-state index in [0.29, 0.717) is 0 Å². The third-order valence-electron chi connectivity index (χ3n) is 2.77. The number of aliphatic hydroxyl groups excluding tert-OH is 3. The molecule has 0 amide bonds. The van der Waals surface area contributed by atoms with Crippen LogP contribution in [0.2, 0.25) is 0 Å². The van der Waals surface area contributed by atoms with Gasteiger partial charge in [0, 0.05) is 12.5 Å². The number of nitrogens with one attached hydrogen (secondary N) is 1. The van der Waals surface area contributed by atoms with Gasteiger partial charge in [-0.05, 0) is 6.42 Å². The van der Waals surface area contributed by atoms with E-state index >= 15 is 0 Å². The quantitative estimate of drug-likeness (QED) is 0.281. The number of aliphatic hydroxyl groups is 4. The van der Waals surface area contributed by atoms with Crippen LogP contribution in [0.4, 0.5) is 0 Å². The first-order valence-electron chi connectivity index (χ1n) is 4.07. The Balaban J connectivity index is 2.24. The van der Waals surface area contributed by atoms with E-state index < -0.39 is 24.0 Å². The van der Waals surface area contributed by atoms with Gasteiger partial charge in [0.2, 0.25) is 0 Å². The molecule has 5 nitrogen and oxygen atoms in total. The van der Waals surface area contributed by atoms with Gasteiger partial charge in [-0.2, -0.15) is 0 Å². The molecule has 2 bridgehead atoms. The molecule has 2 saturated heterocycles. The monoisotopic (exact) mass is 175 g/mol. The van der Waals surface area contributed by atoms with Crippen molar-refractivity contribution in [3.8, 4) is 0 Å². The second-order valence-corrected chi connectivity index (χ2v) is 3.69. The molecule has 0 radical (unpaired) electrons. The molecule has 2 heterocycles. The summed E-state index contributed by atoms with van der Waals surface area (Å²) >= 11 is 0. The van der Waals surface area contributed by atoms with Crippen molar-refractivity contribution in [2.75, 3.05) is 0 Å². The normalized spacial score (nSPS) is 59.0. The first-order valence-corrected chi connectivity index (χ1v) is 4.07. The molecule has 5 heteroatoms. The highest BCUT2D eigenvalue weighted by Gasteiger charge is 2.54. The van der Waals surface area contributed by atoms with Crippen molar-refractivity contribution in [2.45, 2.75) is 42.9 Å². The Bertz CT molecular complexity index is 196. The summed E-state index contributed by atoms with van der Waals surface area (Å²) in [5.41, 5.74) is -1.50. The molecule has 2 aliphatic heterocycles. The predicted molar refractivity (Wildman–Crippen MR) is 39.1 cm³/mol. The average Bonchev–Trinajstić information content (AvgIpc) is 2.22. The first kappa shape index (κ1) is 8.40. The van der Waals surface area contributed by atoms with Gasteiger partial charge in [-0.3, -0.25) is 5.32 Å². The summed E-state index contributed by atoms with van der Waals surface area (Å²) < 4.78 is 0. The van der Waals surface area contributed by atoms with Crippen molar-refractivity contribution in [2.24, 2.45) is 0 Å². The second kappa shape index (κ2) is 2.40. The van der Waals surface area contributed by atoms with Crippen molar-refractivity contribution in [1.82, 2.24) is 5.32 Å². The maximum absolute atomic E-state index is 9.65. The molecule has 0 aromatic carbocycles. The van der Waals surface area contributed by atoms with Crippen LogP contribution in [-0.4, -0.2) is 50.5 Å². The predicted octanol–water partition coefficient (Wildman–Crippen LogP) is -2.48. The zero-order chi connectivity index (χ0) is 8.93. The number of piperidine rings is 1. The molecule has 5 N–H and O–H groups in total. The molecule has 0 aliphatic carbocycles. The summed E-state index contributed by atoms with van der Waals surface area (Å²) in [6.07, 6.45) is -2.47. The highest BCUT2D eigenvalue weighted by Crippen LogP contribution is 2.34. The Hall–Kier alpha value is -0.200. The van der Waals surface area contributed by atoms with Crippen LogP contribution < -0.4 is 5.32 Å². The molecule has 0 aromatic rings. The molecule has 0 unspecified atom stereocenters. The molecule has 0 saturated carbocycles. The second-order valence-electron chi connectivity index (χ2n) is 3.69. The van der Waals surface area contributed by atoms with Crippen LogP contribution in [0.5, 0.6) is 0 Å². The van der Waals surface area contributed by atoms with Gasteiger partial charge in [-0.15, -0.1) is 0 Å². The maximum atomic E-state index is 9.65. The minimum Gasteiger partial charge on any atom is -0.391 e. The molecule has 2 rings (SSSR count). The van der Waals surface area contributed by atoms with E-state index in [1.807, 2.05) is 0 Å². The smallest absolute Gasteiger partial charge is 0.147 e. The summed E-state index contributed by atoms with van der Waals surface area (Å²) in [7, 11) is 0. The Morgan fingerprint density at radius 2 is 1.83 bits per heavy atom. The fourth-order valence-corrected chi connectivity index (χ4v) is 2.07. The Labute approximate surface area is 69.6 Å². The maximum Gasteiger partial charge on any atom is 0.147 e. The molecule has 5 atom stereocenters. The van der Waals surface area contributed by atoms with E-state index in [1.54, 1.807) is 0 Å². The fourth-order valence-electron chi connectivity index (χ4n) is 2.07. The van der Waals surface area contributed by atoms with Gasteiger partial charge in [0.05, 0.1) is 12.2 Å². The van der Waals surface area contributed by atoms with Crippen LogP contribution in [0, 0.1) is 0 Å². The van der Waals surface area contributed by atoms with Crippen molar-refractivity contribution in [3.05, 3.63) is 0 Å². The third kappa shape index (κ3) is 0.982. The van der Waals surface area contributed by atoms with Crippen molar-refractivity contribution in [1.29, 1.82) is 0 Å². The Morgan fingerprint density at radius 3 is 2.50 bits per heavy atom. The van der Waals surface area contributed by atoms with Gasteiger partial charge in [0.1, 0.15) is 11.8 Å².